The van der Waals surface area contributed by atoms with E-state index in [0.717, 1.165) is 12.8 Å². The van der Waals surface area contributed by atoms with Gasteiger partial charge in [-0.25, -0.2) is 9.97 Å². The zero-order chi connectivity index (χ0) is 9.52. The van der Waals surface area contributed by atoms with Crippen LogP contribution in [0.2, 0.25) is 0 Å². The lowest BCUT2D eigenvalue weighted by molar-refractivity contribution is -0.116. The van der Waals surface area contributed by atoms with Crippen LogP contribution >= 0.6 is 0 Å². The first-order valence-corrected chi connectivity index (χ1v) is 4.40. The molecule has 4 heteroatoms. The number of carbonyl (C=O) groups is 1. The average molecular weight is 179 g/mol. The van der Waals surface area contributed by atoms with Crippen LogP contribution in [0.1, 0.15) is 26.2 Å². The van der Waals surface area contributed by atoms with E-state index in [0.29, 0.717) is 12.4 Å². The van der Waals surface area contributed by atoms with Gasteiger partial charge in [-0.3, -0.25) is 10.1 Å². The summed E-state index contributed by atoms with van der Waals surface area (Å²) in [6.07, 6.45) is 5.65. The minimum atomic E-state index is -0.0203. The monoisotopic (exact) mass is 179 g/mol. The van der Waals surface area contributed by atoms with Crippen molar-refractivity contribution in [3.8, 4) is 0 Å². The van der Waals surface area contributed by atoms with E-state index >= 15 is 0 Å². The second kappa shape index (κ2) is 5.24. The van der Waals surface area contributed by atoms with Crippen molar-refractivity contribution in [2.75, 3.05) is 5.32 Å². The number of rotatable bonds is 4. The molecule has 1 aromatic heterocycles. The molecule has 0 aliphatic heterocycles. The number of nitrogens with zero attached hydrogens (tertiary/aromatic N) is 2. The molecule has 1 aromatic rings. The summed E-state index contributed by atoms with van der Waals surface area (Å²) in [5, 5.41) is 2.62. The summed E-state index contributed by atoms with van der Waals surface area (Å²) in [6, 6.07) is 1.71. The molecule has 0 fully saturated rings. The van der Waals surface area contributed by atoms with Gasteiger partial charge >= 0.3 is 0 Å². The molecule has 0 aromatic carbocycles. The average Bonchev–Trinajstić information content (AvgIpc) is 2.16. The fraction of sp³-hybridized carbons (Fsp3) is 0.444. The molecule has 0 unspecified atom stereocenters. The molecule has 0 radical (unpaired) electrons. The number of unbranched alkanes of at least 4 members (excludes halogenated alkanes) is 1. The highest BCUT2D eigenvalue weighted by Gasteiger charge is 2.01. The quantitative estimate of drug-likeness (QED) is 0.763. The van der Waals surface area contributed by atoms with Gasteiger partial charge in [0.15, 0.2) is 0 Å². The maximum Gasteiger partial charge on any atom is 0.229 e. The van der Waals surface area contributed by atoms with Crippen molar-refractivity contribution in [2.24, 2.45) is 0 Å². The molecule has 70 valence electrons. The molecule has 4 nitrogen and oxygen atoms in total. The van der Waals surface area contributed by atoms with E-state index in [1.165, 1.54) is 0 Å². The number of amides is 1. The highest BCUT2D eigenvalue weighted by atomic mass is 16.1. The molecule has 13 heavy (non-hydrogen) atoms. The molecule has 0 aliphatic rings. The Balaban J connectivity index is 2.37. The number of hydrogen-bond donors (Lipinski definition) is 1. The van der Waals surface area contributed by atoms with Crippen LogP contribution in [0, 0.1) is 0 Å². The van der Waals surface area contributed by atoms with Gasteiger partial charge in [-0.2, -0.15) is 0 Å². The summed E-state index contributed by atoms with van der Waals surface area (Å²) < 4.78 is 0. The summed E-state index contributed by atoms with van der Waals surface area (Å²) >= 11 is 0. The van der Waals surface area contributed by atoms with Crippen LogP contribution in [0.25, 0.3) is 0 Å². The van der Waals surface area contributed by atoms with Crippen LogP contribution in [0.15, 0.2) is 18.5 Å². The number of nitrogens with one attached hydrogen (secondary N) is 1. The minimum Gasteiger partial charge on any atom is -0.295 e. The molecule has 0 atom stereocenters. The Morgan fingerprint density at radius 1 is 1.46 bits per heavy atom. The number of hydrogen-bond acceptors (Lipinski definition) is 3. The van der Waals surface area contributed by atoms with E-state index in [1.54, 1.807) is 18.5 Å². The molecule has 1 heterocycles. The third-order valence-corrected chi connectivity index (χ3v) is 1.57. The molecule has 1 amide bonds. The zero-order valence-electron chi connectivity index (χ0n) is 7.66. The molecule has 0 spiro atoms. The first-order valence-electron chi connectivity index (χ1n) is 4.40. The number of carbonyl (C=O) groups excluding carboxylic acids is 1. The van der Waals surface area contributed by atoms with Gasteiger partial charge in [0.25, 0.3) is 0 Å². The van der Waals surface area contributed by atoms with Gasteiger partial charge in [0, 0.05) is 18.8 Å². The maximum atomic E-state index is 11.2. The Bertz CT molecular complexity index is 261. The molecule has 0 aliphatic carbocycles. The van der Waals surface area contributed by atoms with Crippen LogP contribution < -0.4 is 5.32 Å². The molecular weight excluding hydrogens is 166 g/mol. The van der Waals surface area contributed by atoms with Gasteiger partial charge in [-0.1, -0.05) is 13.3 Å². The fourth-order valence-electron chi connectivity index (χ4n) is 0.888. The van der Waals surface area contributed by atoms with Crippen LogP contribution in [-0.4, -0.2) is 15.9 Å². The zero-order valence-corrected chi connectivity index (χ0v) is 7.66. The van der Waals surface area contributed by atoms with Crippen LogP contribution in [-0.2, 0) is 4.79 Å². The first kappa shape index (κ1) is 9.64. The smallest absolute Gasteiger partial charge is 0.229 e. The topological polar surface area (TPSA) is 54.9 Å². The second-order valence-electron chi connectivity index (χ2n) is 2.72. The second-order valence-corrected chi connectivity index (χ2v) is 2.72. The summed E-state index contributed by atoms with van der Waals surface area (Å²) in [7, 11) is 0. The molecule has 1 N–H and O–H groups in total. The van der Waals surface area contributed by atoms with Gasteiger partial charge in [0.1, 0.15) is 0 Å². The third kappa shape index (κ3) is 3.64. The van der Waals surface area contributed by atoms with Crippen molar-refractivity contribution in [1.82, 2.24) is 9.97 Å². The Morgan fingerprint density at radius 3 is 2.77 bits per heavy atom. The lowest BCUT2D eigenvalue weighted by Crippen LogP contribution is -2.12. The molecule has 0 saturated carbocycles. The summed E-state index contributed by atoms with van der Waals surface area (Å²) in [5.74, 6) is 0.358. The van der Waals surface area contributed by atoms with Crippen LogP contribution in [0.5, 0.6) is 0 Å². The van der Waals surface area contributed by atoms with Gasteiger partial charge in [-0.05, 0) is 12.5 Å². The summed E-state index contributed by atoms with van der Waals surface area (Å²) in [5.41, 5.74) is 0. The van der Waals surface area contributed by atoms with E-state index in [2.05, 4.69) is 15.3 Å². The molecule has 0 bridgehead atoms. The van der Waals surface area contributed by atoms with Crippen LogP contribution in [0.3, 0.4) is 0 Å². The largest absolute Gasteiger partial charge is 0.295 e. The molecule has 0 saturated heterocycles. The van der Waals surface area contributed by atoms with E-state index in [1.807, 2.05) is 6.92 Å². The fourth-order valence-corrected chi connectivity index (χ4v) is 0.888. The van der Waals surface area contributed by atoms with Crippen molar-refractivity contribution in [1.29, 1.82) is 0 Å². The van der Waals surface area contributed by atoms with Gasteiger partial charge in [-0.15, -0.1) is 0 Å². The van der Waals surface area contributed by atoms with Gasteiger partial charge < -0.3 is 0 Å². The first-order chi connectivity index (χ1) is 6.33. The predicted octanol–water partition coefficient (Wildman–Crippen LogP) is 1.61. The van der Waals surface area contributed by atoms with Crippen molar-refractivity contribution >= 4 is 11.9 Å². The lowest BCUT2D eigenvalue weighted by atomic mass is 10.2. The van der Waals surface area contributed by atoms with E-state index in [-0.39, 0.29) is 5.91 Å². The van der Waals surface area contributed by atoms with Crippen molar-refractivity contribution in [3.63, 3.8) is 0 Å². The SMILES string of the molecule is CCCCC(=O)Nc1ncccn1. The highest BCUT2D eigenvalue weighted by molar-refractivity contribution is 5.88. The maximum absolute atomic E-state index is 11.2. The number of aromatic nitrogens is 2. The number of anilines is 1. The standard InChI is InChI=1S/C9H13N3O/c1-2-3-5-8(13)12-9-10-6-4-7-11-9/h4,6-7H,2-3,5H2,1H3,(H,10,11,12,13). The van der Waals surface area contributed by atoms with Crippen molar-refractivity contribution < 1.29 is 4.79 Å². The van der Waals surface area contributed by atoms with E-state index in [9.17, 15) is 4.79 Å². The Kier molecular flexibility index (Phi) is 3.88. The molecule has 1 rings (SSSR count). The lowest BCUT2D eigenvalue weighted by Gasteiger charge is -2.00. The van der Waals surface area contributed by atoms with Gasteiger partial charge in [0.05, 0.1) is 0 Å². The van der Waals surface area contributed by atoms with Crippen molar-refractivity contribution in [2.45, 2.75) is 26.2 Å². The summed E-state index contributed by atoms with van der Waals surface area (Å²) in [4.78, 5) is 18.9. The van der Waals surface area contributed by atoms with Crippen molar-refractivity contribution in [3.05, 3.63) is 18.5 Å². The normalized spacial score (nSPS) is 9.62. The Morgan fingerprint density at radius 2 is 2.15 bits per heavy atom. The minimum absolute atomic E-state index is 0.0203. The van der Waals surface area contributed by atoms with Gasteiger partial charge in [0.2, 0.25) is 11.9 Å². The summed E-state index contributed by atoms with van der Waals surface area (Å²) in [6.45, 7) is 2.05. The third-order valence-electron chi connectivity index (χ3n) is 1.57. The van der Waals surface area contributed by atoms with E-state index < -0.39 is 0 Å². The molecular formula is C9H13N3O. The highest BCUT2D eigenvalue weighted by Crippen LogP contribution is 1.99. The Hall–Kier alpha value is -1.45. The van der Waals surface area contributed by atoms with Crippen LogP contribution in [0.4, 0.5) is 5.95 Å². The van der Waals surface area contributed by atoms with E-state index in [4.69, 9.17) is 0 Å². The predicted molar refractivity (Wildman–Crippen MR) is 50.2 cm³/mol. The Labute approximate surface area is 77.4 Å².